The molecule has 1 aliphatic carbocycles. The van der Waals surface area contributed by atoms with Crippen LogP contribution < -0.4 is 4.90 Å². The molecule has 0 spiro atoms. The number of carbonyl (C=O) groups is 1. The highest BCUT2D eigenvalue weighted by Gasteiger charge is 2.35. The summed E-state index contributed by atoms with van der Waals surface area (Å²) >= 11 is 1.44. The van der Waals surface area contributed by atoms with E-state index in [1.165, 1.54) is 17.5 Å². The monoisotopic (exact) mass is 481 g/mol. The van der Waals surface area contributed by atoms with Crippen molar-refractivity contribution in [2.24, 2.45) is 0 Å². The van der Waals surface area contributed by atoms with Crippen LogP contribution >= 0.6 is 11.8 Å². The summed E-state index contributed by atoms with van der Waals surface area (Å²) in [6, 6.07) is 19.2. The van der Waals surface area contributed by atoms with E-state index in [9.17, 15) is 13.2 Å². The van der Waals surface area contributed by atoms with Crippen molar-refractivity contribution < 1.29 is 13.2 Å². The molecule has 2 heterocycles. The highest BCUT2D eigenvalue weighted by molar-refractivity contribution is 7.99. The third-order valence-electron chi connectivity index (χ3n) is 6.32. The SMILES string of the molecule is O=C(CSc1nc2c(n1-c1ccccc1)CCCC2)N(c1ccccc1)[C@@H]1CCS(=O)(=O)C1. The topological polar surface area (TPSA) is 72.3 Å². The Labute approximate surface area is 198 Å². The number of para-hydroxylation sites is 2. The fourth-order valence-electron chi connectivity index (χ4n) is 4.78. The predicted molar refractivity (Wildman–Crippen MR) is 132 cm³/mol. The van der Waals surface area contributed by atoms with Crippen molar-refractivity contribution in [3.05, 3.63) is 72.1 Å². The number of anilines is 1. The molecule has 2 aromatic carbocycles. The van der Waals surface area contributed by atoms with Gasteiger partial charge in [0, 0.05) is 17.1 Å². The lowest BCUT2D eigenvalue weighted by Crippen LogP contribution is -2.42. The van der Waals surface area contributed by atoms with Crippen LogP contribution in [0.15, 0.2) is 65.8 Å². The minimum atomic E-state index is -3.11. The molecule has 1 atom stereocenters. The summed E-state index contributed by atoms with van der Waals surface area (Å²) in [4.78, 5) is 20.1. The number of aromatic nitrogens is 2. The Morgan fingerprint density at radius 2 is 1.73 bits per heavy atom. The van der Waals surface area contributed by atoms with Gasteiger partial charge < -0.3 is 4.90 Å². The van der Waals surface area contributed by atoms with Gasteiger partial charge in [-0.2, -0.15) is 0 Å². The largest absolute Gasteiger partial charge is 0.308 e. The molecule has 1 fully saturated rings. The molecule has 3 aromatic rings. The van der Waals surface area contributed by atoms with Crippen molar-refractivity contribution in [1.29, 1.82) is 0 Å². The van der Waals surface area contributed by atoms with Gasteiger partial charge >= 0.3 is 0 Å². The van der Waals surface area contributed by atoms with E-state index >= 15 is 0 Å². The number of amides is 1. The number of carbonyl (C=O) groups excluding carboxylic acids is 1. The molecule has 1 amide bonds. The first-order valence-electron chi connectivity index (χ1n) is 11.4. The van der Waals surface area contributed by atoms with Crippen LogP contribution in [0, 0.1) is 0 Å². The van der Waals surface area contributed by atoms with Crippen molar-refractivity contribution in [1.82, 2.24) is 9.55 Å². The van der Waals surface area contributed by atoms with Crippen LogP contribution in [0.5, 0.6) is 0 Å². The third-order valence-corrected chi connectivity index (χ3v) is 8.99. The van der Waals surface area contributed by atoms with E-state index in [0.717, 1.165) is 47.9 Å². The minimum absolute atomic E-state index is 0.0191. The van der Waals surface area contributed by atoms with E-state index in [2.05, 4.69) is 16.7 Å². The van der Waals surface area contributed by atoms with Gasteiger partial charge in [-0.1, -0.05) is 48.2 Å². The Morgan fingerprint density at radius 1 is 1.03 bits per heavy atom. The van der Waals surface area contributed by atoms with Gasteiger partial charge in [0.05, 0.1) is 29.0 Å². The zero-order valence-corrected chi connectivity index (χ0v) is 20.0. The average Bonchev–Trinajstić information content (AvgIpc) is 3.38. The lowest BCUT2D eigenvalue weighted by atomic mass is 10.0. The lowest BCUT2D eigenvalue weighted by molar-refractivity contribution is -0.116. The quantitative estimate of drug-likeness (QED) is 0.497. The number of hydrogen-bond donors (Lipinski definition) is 0. The number of fused-ring (bicyclic) bond motifs is 1. The third kappa shape index (κ3) is 4.73. The summed E-state index contributed by atoms with van der Waals surface area (Å²) in [6.07, 6.45) is 4.71. The number of sulfone groups is 1. The molecule has 5 rings (SSSR count). The van der Waals surface area contributed by atoms with Gasteiger partial charge in [-0.05, 0) is 56.4 Å². The van der Waals surface area contributed by atoms with Crippen molar-refractivity contribution in [3.8, 4) is 5.69 Å². The van der Waals surface area contributed by atoms with Crippen molar-refractivity contribution in [3.63, 3.8) is 0 Å². The summed E-state index contributed by atoms with van der Waals surface area (Å²) in [6.45, 7) is 0. The first-order valence-corrected chi connectivity index (χ1v) is 14.2. The van der Waals surface area contributed by atoms with Gasteiger partial charge in [-0.3, -0.25) is 9.36 Å². The van der Waals surface area contributed by atoms with Gasteiger partial charge in [0.2, 0.25) is 5.91 Å². The molecule has 6 nitrogen and oxygen atoms in total. The second kappa shape index (κ2) is 9.35. The number of hydrogen-bond acceptors (Lipinski definition) is 5. The van der Waals surface area contributed by atoms with Crippen molar-refractivity contribution in [2.45, 2.75) is 43.3 Å². The maximum atomic E-state index is 13.5. The van der Waals surface area contributed by atoms with Crippen molar-refractivity contribution >= 4 is 33.2 Å². The fourth-order valence-corrected chi connectivity index (χ4v) is 7.39. The highest BCUT2D eigenvalue weighted by atomic mass is 32.2. The van der Waals surface area contributed by atoms with Crippen LogP contribution in [0.2, 0.25) is 0 Å². The van der Waals surface area contributed by atoms with E-state index in [1.54, 1.807) is 4.90 Å². The maximum absolute atomic E-state index is 13.5. The van der Waals surface area contributed by atoms with Crippen LogP contribution in [0.3, 0.4) is 0 Å². The molecule has 0 unspecified atom stereocenters. The minimum Gasteiger partial charge on any atom is -0.308 e. The molecule has 33 heavy (non-hydrogen) atoms. The molecule has 0 saturated carbocycles. The van der Waals surface area contributed by atoms with Crippen LogP contribution in [-0.2, 0) is 27.5 Å². The van der Waals surface area contributed by atoms with Crippen LogP contribution in [-0.4, -0.2) is 47.2 Å². The van der Waals surface area contributed by atoms with Gasteiger partial charge in [-0.15, -0.1) is 0 Å². The summed E-state index contributed by atoms with van der Waals surface area (Å²) in [5.74, 6) is 0.264. The van der Waals surface area contributed by atoms with Crippen LogP contribution in [0.25, 0.3) is 5.69 Å². The molecule has 1 aliphatic heterocycles. The second-order valence-electron chi connectivity index (χ2n) is 8.61. The molecular formula is C25H27N3O3S2. The van der Waals surface area contributed by atoms with E-state index in [-0.39, 0.29) is 29.2 Å². The average molecular weight is 482 g/mol. The summed E-state index contributed by atoms with van der Waals surface area (Å²) in [5.41, 5.74) is 4.17. The van der Waals surface area contributed by atoms with Gasteiger partial charge in [0.25, 0.3) is 0 Å². The number of thioether (sulfide) groups is 1. The molecular weight excluding hydrogens is 454 g/mol. The first kappa shape index (κ1) is 22.2. The Kier molecular flexibility index (Phi) is 6.29. The molecule has 0 radical (unpaired) electrons. The smallest absolute Gasteiger partial charge is 0.237 e. The molecule has 172 valence electrons. The number of imidazole rings is 1. The molecule has 1 aromatic heterocycles. The lowest BCUT2D eigenvalue weighted by Gasteiger charge is -2.28. The van der Waals surface area contributed by atoms with E-state index in [4.69, 9.17) is 4.98 Å². The zero-order chi connectivity index (χ0) is 22.8. The number of benzene rings is 2. The number of aryl methyl sites for hydroxylation is 1. The summed E-state index contributed by atoms with van der Waals surface area (Å²) < 4.78 is 26.5. The van der Waals surface area contributed by atoms with Gasteiger partial charge in [0.1, 0.15) is 0 Å². The molecule has 1 saturated heterocycles. The molecule has 0 N–H and O–H groups in total. The Hall–Kier alpha value is -2.58. The standard InChI is InChI=1S/C25H27N3O3S2/c29-24(27(19-9-3-1-4-10-19)21-15-16-33(30,31)18-21)17-32-25-26-22-13-7-8-14-23(22)28(25)20-11-5-2-6-12-20/h1-6,9-12,21H,7-8,13-18H2/t21-/m1/s1. The molecule has 8 heteroatoms. The van der Waals surface area contributed by atoms with Gasteiger partial charge in [-0.25, -0.2) is 13.4 Å². The van der Waals surface area contributed by atoms with E-state index in [0.29, 0.717) is 6.42 Å². The summed E-state index contributed by atoms with van der Waals surface area (Å²) in [5, 5.41) is 0.827. The second-order valence-corrected chi connectivity index (χ2v) is 11.8. The molecule has 2 aliphatic rings. The highest BCUT2D eigenvalue weighted by Crippen LogP contribution is 2.32. The Balaban J connectivity index is 1.42. The van der Waals surface area contributed by atoms with Gasteiger partial charge in [0.15, 0.2) is 15.0 Å². The predicted octanol–water partition coefficient (Wildman–Crippen LogP) is 4.06. The zero-order valence-electron chi connectivity index (χ0n) is 18.4. The maximum Gasteiger partial charge on any atom is 0.237 e. The van der Waals surface area contributed by atoms with Crippen LogP contribution in [0.4, 0.5) is 5.69 Å². The molecule has 0 bridgehead atoms. The van der Waals surface area contributed by atoms with E-state index < -0.39 is 9.84 Å². The fraction of sp³-hybridized carbons (Fsp3) is 0.360. The Bertz CT molecular complexity index is 1240. The van der Waals surface area contributed by atoms with Crippen LogP contribution in [0.1, 0.15) is 30.7 Å². The van der Waals surface area contributed by atoms with E-state index in [1.807, 2.05) is 48.5 Å². The Morgan fingerprint density at radius 3 is 2.42 bits per heavy atom. The van der Waals surface area contributed by atoms with Crippen molar-refractivity contribution in [2.75, 3.05) is 22.2 Å². The summed E-state index contributed by atoms with van der Waals surface area (Å²) in [7, 11) is -3.11. The normalized spacial score (nSPS) is 19.2. The first-order chi connectivity index (χ1) is 16.0. The number of nitrogens with zero attached hydrogens (tertiary/aromatic N) is 3. The number of rotatable bonds is 6.